The number of hydrogen-bond donors (Lipinski definition) is 3. The minimum atomic E-state index is -0.682. The van der Waals surface area contributed by atoms with Gasteiger partial charge >= 0.3 is 0 Å². The number of rotatable bonds is 8. The Hall–Kier alpha value is -2.73. The number of carbonyl (C=O) groups excluding carboxylic acids is 2. The SMILES string of the molecule is NC(CNC(=O)C(Cc1cccnc1)NC(=O)c1ccccc1)C1CC1. The molecule has 2 unspecified atom stereocenters. The van der Waals surface area contributed by atoms with E-state index in [1.165, 1.54) is 0 Å². The van der Waals surface area contributed by atoms with Gasteiger partial charge in [-0.25, -0.2) is 0 Å². The predicted molar refractivity (Wildman–Crippen MR) is 99.3 cm³/mol. The molecule has 2 atom stereocenters. The Balaban J connectivity index is 1.66. The normalized spacial score (nSPS) is 15.7. The Kier molecular flexibility index (Phi) is 5.96. The molecule has 1 aliphatic rings. The molecule has 3 rings (SSSR count). The van der Waals surface area contributed by atoms with Gasteiger partial charge in [0.1, 0.15) is 6.04 Å². The fraction of sp³-hybridized carbons (Fsp3) is 0.350. The van der Waals surface area contributed by atoms with Crippen molar-refractivity contribution in [1.29, 1.82) is 0 Å². The first-order chi connectivity index (χ1) is 12.6. The first kappa shape index (κ1) is 18.1. The Morgan fingerprint density at radius 1 is 1.15 bits per heavy atom. The lowest BCUT2D eigenvalue weighted by atomic mass is 10.1. The third kappa shape index (κ3) is 5.13. The highest BCUT2D eigenvalue weighted by molar-refractivity contribution is 5.97. The van der Waals surface area contributed by atoms with Crippen LogP contribution in [-0.4, -0.2) is 35.4 Å². The Morgan fingerprint density at radius 3 is 2.58 bits per heavy atom. The van der Waals surface area contributed by atoms with Crippen LogP contribution in [0.2, 0.25) is 0 Å². The number of hydrogen-bond acceptors (Lipinski definition) is 4. The number of nitrogens with one attached hydrogen (secondary N) is 2. The summed E-state index contributed by atoms with van der Waals surface area (Å²) in [5, 5.41) is 5.71. The van der Waals surface area contributed by atoms with Crippen LogP contribution in [0, 0.1) is 5.92 Å². The standard InChI is InChI=1S/C20H24N4O2/c21-17(15-8-9-15)13-23-20(26)18(11-14-5-4-10-22-12-14)24-19(25)16-6-2-1-3-7-16/h1-7,10,12,15,17-18H,8-9,11,13,21H2,(H,23,26)(H,24,25). The van der Waals surface area contributed by atoms with Crippen LogP contribution in [0.25, 0.3) is 0 Å². The van der Waals surface area contributed by atoms with Crippen LogP contribution in [0.1, 0.15) is 28.8 Å². The average molecular weight is 352 g/mol. The number of amides is 2. The van der Waals surface area contributed by atoms with E-state index in [-0.39, 0.29) is 17.9 Å². The summed E-state index contributed by atoms with van der Waals surface area (Å²) in [7, 11) is 0. The van der Waals surface area contributed by atoms with Crippen molar-refractivity contribution in [2.24, 2.45) is 11.7 Å². The van der Waals surface area contributed by atoms with Crippen LogP contribution in [-0.2, 0) is 11.2 Å². The molecule has 0 aliphatic heterocycles. The molecule has 0 bridgehead atoms. The van der Waals surface area contributed by atoms with Crippen LogP contribution < -0.4 is 16.4 Å². The van der Waals surface area contributed by atoms with Gasteiger partial charge in [-0.2, -0.15) is 0 Å². The minimum absolute atomic E-state index is 0.0252. The van der Waals surface area contributed by atoms with E-state index < -0.39 is 6.04 Å². The van der Waals surface area contributed by atoms with E-state index in [9.17, 15) is 9.59 Å². The molecule has 1 aromatic heterocycles. The molecule has 0 spiro atoms. The number of nitrogens with two attached hydrogens (primary N) is 1. The molecule has 26 heavy (non-hydrogen) atoms. The molecule has 6 heteroatoms. The van der Waals surface area contributed by atoms with Crippen LogP contribution in [0.15, 0.2) is 54.9 Å². The van der Waals surface area contributed by atoms with Crippen molar-refractivity contribution in [2.45, 2.75) is 31.3 Å². The fourth-order valence-corrected chi connectivity index (χ4v) is 2.83. The van der Waals surface area contributed by atoms with Crippen LogP contribution in [0.3, 0.4) is 0 Å². The van der Waals surface area contributed by atoms with Gasteiger partial charge in [0, 0.05) is 37.0 Å². The van der Waals surface area contributed by atoms with Gasteiger partial charge in [-0.1, -0.05) is 24.3 Å². The summed E-state index contributed by atoms with van der Waals surface area (Å²) in [6, 6.07) is 11.9. The highest BCUT2D eigenvalue weighted by Gasteiger charge is 2.29. The Morgan fingerprint density at radius 2 is 1.92 bits per heavy atom. The van der Waals surface area contributed by atoms with Crippen molar-refractivity contribution in [3.8, 4) is 0 Å². The van der Waals surface area contributed by atoms with Gasteiger partial charge in [-0.05, 0) is 42.5 Å². The topological polar surface area (TPSA) is 97.1 Å². The van der Waals surface area contributed by atoms with Crippen molar-refractivity contribution in [2.75, 3.05) is 6.54 Å². The van der Waals surface area contributed by atoms with Gasteiger partial charge in [0.15, 0.2) is 0 Å². The smallest absolute Gasteiger partial charge is 0.251 e. The number of pyridine rings is 1. The molecule has 2 amide bonds. The van der Waals surface area contributed by atoms with Crippen molar-refractivity contribution >= 4 is 11.8 Å². The highest BCUT2D eigenvalue weighted by Crippen LogP contribution is 2.31. The molecular weight excluding hydrogens is 328 g/mol. The van der Waals surface area contributed by atoms with Crippen molar-refractivity contribution in [3.63, 3.8) is 0 Å². The van der Waals surface area contributed by atoms with Gasteiger partial charge in [0.2, 0.25) is 5.91 Å². The Bertz CT molecular complexity index is 732. The Labute approximate surface area is 153 Å². The van der Waals surface area contributed by atoms with E-state index in [4.69, 9.17) is 5.73 Å². The first-order valence-corrected chi connectivity index (χ1v) is 8.91. The molecule has 0 radical (unpaired) electrons. The van der Waals surface area contributed by atoms with Gasteiger partial charge < -0.3 is 16.4 Å². The number of benzene rings is 1. The van der Waals surface area contributed by atoms with Gasteiger partial charge in [-0.15, -0.1) is 0 Å². The summed E-state index contributed by atoms with van der Waals surface area (Å²) >= 11 is 0. The van der Waals surface area contributed by atoms with Crippen molar-refractivity contribution in [3.05, 3.63) is 66.0 Å². The summed E-state index contributed by atoms with van der Waals surface area (Å²) in [6.45, 7) is 0.425. The zero-order valence-corrected chi connectivity index (χ0v) is 14.6. The van der Waals surface area contributed by atoms with Gasteiger partial charge in [0.25, 0.3) is 5.91 Å². The van der Waals surface area contributed by atoms with Gasteiger partial charge in [0.05, 0.1) is 0 Å². The molecule has 4 N–H and O–H groups in total. The lowest BCUT2D eigenvalue weighted by Gasteiger charge is -2.20. The predicted octanol–water partition coefficient (Wildman–Crippen LogP) is 1.28. The number of carbonyl (C=O) groups is 2. The maximum Gasteiger partial charge on any atom is 0.251 e. The third-order valence-corrected chi connectivity index (χ3v) is 4.56. The monoisotopic (exact) mass is 352 g/mol. The van der Waals surface area contributed by atoms with E-state index >= 15 is 0 Å². The van der Waals surface area contributed by atoms with E-state index in [1.54, 1.807) is 36.7 Å². The molecular formula is C20H24N4O2. The molecule has 136 valence electrons. The fourth-order valence-electron chi connectivity index (χ4n) is 2.83. The molecule has 1 fully saturated rings. The summed E-state index contributed by atoms with van der Waals surface area (Å²) in [5.74, 6) is 0.00125. The zero-order valence-electron chi connectivity index (χ0n) is 14.6. The minimum Gasteiger partial charge on any atom is -0.353 e. The number of aromatic nitrogens is 1. The lowest BCUT2D eigenvalue weighted by molar-refractivity contribution is -0.123. The maximum absolute atomic E-state index is 12.7. The van der Waals surface area contributed by atoms with Crippen LogP contribution in [0.5, 0.6) is 0 Å². The maximum atomic E-state index is 12.7. The highest BCUT2D eigenvalue weighted by atomic mass is 16.2. The van der Waals surface area contributed by atoms with E-state index in [0.717, 1.165) is 18.4 Å². The van der Waals surface area contributed by atoms with Crippen molar-refractivity contribution in [1.82, 2.24) is 15.6 Å². The second-order valence-electron chi connectivity index (χ2n) is 6.70. The van der Waals surface area contributed by atoms with E-state index in [1.807, 2.05) is 18.2 Å². The molecule has 1 heterocycles. The molecule has 0 saturated heterocycles. The van der Waals surface area contributed by atoms with E-state index in [0.29, 0.717) is 24.4 Å². The summed E-state index contributed by atoms with van der Waals surface area (Å²) in [6.07, 6.45) is 6.00. The zero-order chi connectivity index (χ0) is 18.4. The van der Waals surface area contributed by atoms with Crippen LogP contribution in [0.4, 0.5) is 0 Å². The summed E-state index contributed by atoms with van der Waals surface area (Å²) in [4.78, 5) is 29.2. The van der Waals surface area contributed by atoms with Crippen LogP contribution >= 0.6 is 0 Å². The molecule has 6 nitrogen and oxygen atoms in total. The average Bonchev–Trinajstić information content (AvgIpc) is 3.52. The van der Waals surface area contributed by atoms with E-state index in [2.05, 4.69) is 15.6 Å². The molecule has 1 aromatic carbocycles. The molecule has 1 aliphatic carbocycles. The largest absolute Gasteiger partial charge is 0.353 e. The third-order valence-electron chi connectivity index (χ3n) is 4.56. The first-order valence-electron chi connectivity index (χ1n) is 8.91. The number of nitrogens with zero attached hydrogens (tertiary/aromatic N) is 1. The van der Waals surface area contributed by atoms with Crippen molar-refractivity contribution < 1.29 is 9.59 Å². The second-order valence-corrected chi connectivity index (χ2v) is 6.70. The molecule has 2 aromatic rings. The molecule has 1 saturated carbocycles. The quantitative estimate of drug-likeness (QED) is 0.667. The summed E-state index contributed by atoms with van der Waals surface area (Å²) in [5.41, 5.74) is 7.46. The lowest BCUT2D eigenvalue weighted by Crippen LogP contribution is -2.50. The second kappa shape index (κ2) is 8.58. The summed E-state index contributed by atoms with van der Waals surface area (Å²) < 4.78 is 0. The van der Waals surface area contributed by atoms with Gasteiger partial charge in [-0.3, -0.25) is 14.6 Å².